The predicted molar refractivity (Wildman–Crippen MR) is 44.5 cm³/mol. The van der Waals surface area contributed by atoms with E-state index in [2.05, 4.69) is 4.74 Å². The molecule has 1 aromatic rings. The summed E-state index contributed by atoms with van der Waals surface area (Å²) < 4.78 is 26.3. The van der Waals surface area contributed by atoms with Crippen molar-refractivity contribution in [2.24, 2.45) is 5.14 Å². The molecule has 0 bridgehead atoms. The summed E-state index contributed by atoms with van der Waals surface area (Å²) in [5.41, 5.74) is 0. The van der Waals surface area contributed by atoms with Crippen molar-refractivity contribution >= 4 is 10.0 Å². The molecule has 0 amide bonds. The van der Waals surface area contributed by atoms with Crippen molar-refractivity contribution in [2.75, 3.05) is 7.11 Å². The van der Waals surface area contributed by atoms with Crippen LogP contribution in [0.1, 0.15) is 0 Å². The number of nitrogens with two attached hydrogens (primary N) is 1. The van der Waals surface area contributed by atoms with Gasteiger partial charge in [0.15, 0.2) is 5.75 Å². The van der Waals surface area contributed by atoms with Crippen LogP contribution in [0.15, 0.2) is 23.1 Å². The zero-order chi connectivity index (χ0) is 10.1. The van der Waals surface area contributed by atoms with Gasteiger partial charge in [-0.25, -0.2) is 13.6 Å². The summed E-state index contributed by atoms with van der Waals surface area (Å²) in [5.74, 6) is -0.415. The molecule has 2 N–H and O–H groups in total. The van der Waals surface area contributed by atoms with Crippen molar-refractivity contribution in [2.45, 2.75) is 4.90 Å². The second-order valence-corrected chi connectivity index (χ2v) is 3.92. The number of hydrogen-bond acceptors (Lipinski definition) is 3. The molecule has 71 valence electrons. The van der Waals surface area contributed by atoms with Crippen molar-refractivity contribution in [1.29, 1.82) is 0 Å². The molecule has 0 unspecified atom stereocenters. The number of methoxy groups -OCH3 is 1. The van der Waals surface area contributed by atoms with Crippen LogP contribution in [0.25, 0.3) is 0 Å². The van der Waals surface area contributed by atoms with Crippen LogP contribution < -0.4 is 9.88 Å². The fourth-order valence-electron chi connectivity index (χ4n) is 0.825. The molecule has 0 saturated carbocycles. The Morgan fingerprint density at radius 3 is 2.46 bits per heavy atom. The fourth-order valence-corrected chi connectivity index (χ4v) is 1.35. The van der Waals surface area contributed by atoms with Gasteiger partial charge in [0.2, 0.25) is 15.8 Å². The maximum atomic E-state index is 11.0. The first-order chi connectivity index (χ1) is 5.95. The Morgan fingerprint density at radius 2 is 2.00 bits per heavy atom. The van der Waals surface area contributed by atoms with E-state index < -0.39 is 10.0 Å². The van der Waals surface area contributed by atoms with E-state index in [1.54, 1.807) is 0 Å². The van der Waals surface area contributed by atoms with Crippen LogP contribution in [-0.2, 0) is 15.1 Å². The van der Waals surface area contributed by atoms with E-state index in [4.69, 9.17) is 5.14 Å². The van der Waals surface area contributed by atoms with Crippen LogP contribution in [-0.4, -0.2) is 15.5 Å². The minimum Gasteiger partial charge on any atom is -0.493 e. The summed E-state index contributed by atoms with van der Waals surface area (Å²) in [6, 6.07) is 3.33. The first-order valence-corrected chi connectivity index (χ1v) is 4.87. The highest BCUT2D eigenvalue weighted by Crippen LogP contribution is 2.28. The molecule has 0 spiro atoms. The minimum absolute atomic E-state index is 0.0356. The van der Waals surface area contributed by atoms with Gasteiger partial charge in [-0.1, -0.05) is 0 Å². The standard InChI is InChI=1S/C7H8NO4S/c1-12-7-4-5(13(8,10)11)2-3-6(7)9/h2-4H,1H3,(H2,8,10,11). The summed E-state index contributed by atoms with van der Waals surface area (Å²) in [6.07, 6.45) is 0. The maximum absolute atomic E-state index is 11.0. The van der Waals surface area contributed by atoms with E-state index in [9.17, 15) is 13.5 Å². The number of benzene rings is 1. The topological polar surface area (TPSA) is 89.3 Å². The van der Waals surface area contributed by atoms with Gasteiger partial charge in [0.1, 0.15) is 0 Å². The molecule has 1 aromatic carbocycles. The molecular weight excluding hydrogens is 194 g/mol. The average Bonchev–Trinajstić information content (AvgIpc) is 2.03. The largest absolute Gasteiger partial charge is 0.493 e. The van der Waals surface area contributed by atoms with E-state index >= 15 is 0 Å². The van der Waals surface area contributed by atoms with Crippen molar-refractivity contribution in [1.82, 2.24) is 0 Å². The minimum atomic E-state index is -3.77. The highest BCUT2D eigenvalue weighted by Gasteiger charge is 2.11. The molecule has 1 radical (unpaired) electrons. The Hall–Kier alpha value is -1.27. The number of rotatable bonds is 2. The molecule has 0 heterocycles. The third kappa shape index (κ3) is 2.10. The molecule has 0 atom stereocenters. The monoisotopic (exact) mass is 202 g/mol. The lowest BCUT2D eigenvalue weighted by molar-refractivity contribution is 0.314. The van der Waals surface area contributed by atoms with Gasteiger partial charge >= 0.3 is 0 Å². The number of hydrogen-bond donors (Lipinski definition) is 1. The SMILES string of the molecule is COc1cc(S(N)(=O)=O)ccc1[O]. The van der Waals surface area contributed by atoms with Crippen molar-refractivity contribution in [3.8, 4) is 11.5 Å². The first kappa shape index (κ1) is 9.82. The van der Waals surface area contributed by atoms with Gasteiger partial charge in [0.05, 0.1) is 12.0 Å². The Labute approximate surface area is 75.8 Å². The summed E-state index contributed by atoms with van der Waals surface area (Å²) >= 11 is 0. The summed E-state index contributed by atoms with van der Waals surface area (Å²) in [4.78, 5) is -0.135. The van der Waals surface area contributed by atoms with E-state index in [1.165, 1.54) is 7.11 Å². The molecule has 1 rings (SSSR count). The molecule has 0 aliphatic rings. The molecule has 0 fully saturated rings. The maximum Gasteiger partial charge on any atom is 0.238 e. The summed E-state index contributed by atoms with van der Waals surface area (Å²) in [6.45, 7) is 0. The van der Waals surface area contributed by atoms with Gasteiger partial charge in [-0.05, 0) is 12.1 Å². The third-order valence-electron chi connectivity index (χ3n) is 1.46. The average molecular weight is 202 g/mol. The highest BCUT2D eigenvalue weighted by molar-refractivity contribution is 7.89. The highest BCUT2D eigenvalue weighted by atomic mass is 32.2. The molecule has 5 nitrogen and oxygen atoms in total. The molecule has 0 aromatic heterocycles. The zero-order valence-corrected chi connectivity index (χ0v) is 7.67. The van der Waals surface area contributed by atoms with Gasteiger partial charge in [0, 0.05) is 6.07 Å². The molecule has 0 aliphatic carbocycles. The molecule has 6 heteroatoms. The third-order valence-corrected chi connectivity index (χ3v) is 2.37. The van der Waals surface area contributed by atoms with E-state index in [1.807, 2.05) is 0 Å². The molecule has 0 aliphatic heterocycles. The van der Waals surface area contributed by atoms with Gasteiger partial charge in [-0.15, -0.1) is 0 Å². The van der Waals surface area contributed by atoms with Gasteiger partial charge in [-0.2, -0.15) is 0 Å². The lowest BCUT2D eigenvalue weighted by atomic mass is 10.3. The smallest absolute Gasteiger partial charge is 0.238 e. The normalized spacial score (nSPS) is 11.2. The van der Waals surface area contributed by atoms with Crippen molar-refractivity contribution < 1.29 is 18.3 Å². The Morgan fingerprint density at radius 1 is 1.38 bits per heavy atom. The fraction of sp³-hybridized carbons (Fsp3) is 0.143. The van der Waals surface area contributed by atoms with Crippen LogP contribution in [0.5, 0.6) is 11.5 Å². The van der Waals surface area contributed by atoms with E-state index in [0.29, 0.717) is 0 Å². The number of ether oxygens (including phenoxy) is 1. The molecular formula is C7H8NO4S. The second-order valence-electron chi connectivity index (χ2n) is 2.36. The second kappa shape index (κ2) is 3.23. The quantitative estimate of drug-likeness (QED) is 0.756. The van der Waals surface area contributed by atoms with E-state index in [-0.39, 0.29) is 16.4 Å². The molecule has 13 heavy (non-hydrogen) atoms. The molecule has 0 saturated heterocycles. The number of primary sulfonamides is 1. The lowest BCUT2D eigenvalue weighted by Crippen LogP contribution is -2.11. The van der Waals surface area contributed by atoms with Crippen LogP contribution in [0.4, 0.5) is 0 Å². The number of sulfonamides is 1. The predicted octanol–water partition coefficient (Wildman–Crippen LogP) is 0.486. The zero-order valence-electron chi connectivity index (χ0n) is 6.85. The lowest BCUT2D eigenvalue weighted by Gasteiger charge is -2.02. The first-order valence-electron chi connectivity index (χ1n) is 3.33. The van der Waals surface area contributed by atoms with Gasteiger partial charge in [0.25, 0.3) is 0 Å². The van der Waals surface area contributed by atoms with Crippen molar-refractivity contribution in [3.05, 3.63) is 18.2 Å². The van der Waals surface area contributed by atoms with E-state index in [0.717, 1.165) is 18.2 Å². The van der Waals surface area contributed by atoms with Crippen LogP contribution in [0.2, 0.25) is 0 Å². The van der Waals surface area contributed by atoms with Gasteiger partial charge in [-0.3, -0.25) is 5.11 Å². The van der Waals surface area contributed by atoms with Crippen LogP contribution in [0, 0.1) is 0 Å². The van der Waals surface area contributed by atoms with Gasteiger partial charge < -0.3 is 4.74 Å². The van der Waals surface area contributed by atoms with Crippen molar-refractivity contribution in [3.63, 3.8) is 0 Å². The Bertz CT molecular complexity index is 413. The Balaban J connectivity index is 3.30. The summed E-state index contributed by atoms with van der Waals surface area (Å²) in [7, 11) is -2.49. The summed E-state index contributed by atoms with van der Waals surface area (Å²) in [5, 5.41) is 15.8. The van der Waals surface area contributed by atoms with Crippen LogP contribution in [0.3, 0.4) is 0 Å². The Kier molecular flexibility index (Phi) is 2.44. The van der Waals surface area contributed by atoms with Crippen LogP contribution >= 0.6 is 0 Å².